The highest BCUT2D eigenvalue weighted by molar-refractivity contribution is 9.10. The van der Waals surface area contributed by atoms with Gasteiger partial charge in [0.05, 0.1) is 16.5 Å². The first-order valence-corrected chi connectivity index (χ1v) is 11.5. The van der Waals surface area contributed by atoms with E-state index in [0.717, 1.165) is 42.1 Å². The molecular formula is C21H26BrClN2O6S. The van der Waals surface area contributed by atoms with E-state index in [2.05, 4.69) is 26.6 Å². The molecule has 1 saturated heterocycles. The van der Waals surface area contributed by atoms with Crippen molar-refractivity contribution in [1.29, 1.82) is 0 Å². The van der Waals surface area contributed by atoms with Crippen LogP contribution in [0, 0.1) is 0 Å². The minimum Gasteiger partial charge on any atom is -0.477 e. The number of thiophene rings is 1. The molecule has 0 saturated carbocycles. The summed E-state index contributed by atoms with van der Waals surface area (Å²) in [6.07, 6.45) is 0.552. The Morgan fingerprint density at radius 1 is 1.34 bits per heavy atom. The molecule has 1 atom stereocenters. The SMILES string of the molecule is CCOC(Oc1c(C(=O)OC)sc(-c2cccc(NC3CCNCC3)c2)c1Br)C(=O)O.Cl. The quantitative estimate of drug-likeness (QED) is 0.313. The highest BCUT2D eigenvalue weighted by atomic mass is 79.9. The molecule has 1 unspecified atom stereocenters. The Morgan fingerprint density at radius 3 is 2.69 bits per heavy atom. The topological polar surface area (TPSA) is 106 Å². The molecule has 3 N–H and O–H groups in total. The number of carboxylic acids is 1. The van der Waals surface area contributed by atoms with E-state index in [1.165, 1.54) is 18.4 Å². The van der Waals surface area contributed by atoms with Crippen molar-refractivity contribution in [1.82, 2.24) is 5.32 Å². The number of carboxylic acid groups (broad SMARTS) is 1. The molecule has 0 aliphatic carbocycles. The molecule has 2 heterocycles. The van der Waals surface area contributed by atoms with Gasteiger partial charge in [0.25, 0.3) is 6.29 Å². The van der Waals surface area contributed by atoms with Gasteiger partial charge in [-0.25, -0.2) is 9.59 Å². The van der Waals surface area contributed by atoms with Crippen molar-refractivity contribution in [3.63, 3.8) is 0 Å². The van der Waals surface area contributed by atoms with Gasteiger partial charge in [-0.15, -0.1) is 23.7 Å². The van der Waals surface area contributed by atoms with Crippen LogP contribution in [0.5, 0.6) is 5.75 Å². The monoisotopic (exact) mass is 548 g/mol. The third kappa shape index (κ3) is 6.35. The molecule has 1 aromatic carbocycles. The third-order valence-corrected chi connectivity index (χ3v) is 6.98. The van der Waals surface area contributed by atoms with Crippen molar-refractivity contribution in [3.8, 4) is 16.2 Å². The van der Waals surface area contributed by atoms with Gasteiger partial charge in [-0.3, -0.25) is 0 Å². The van der Waals surface area contributed by atoms with E-state index >= 15 is 0 Å². The summed E-state index contributed by atoms with van der Waals surface area (Å²) in [6, 6.07) is 8.26. The summed E-state index contributed by atoms with van der Waals surface area (Å²) >= 11 is 4.65. The van der Waals surface area contributed by atoms with E-state index in [1.807, 2.05) is 24.3 Å². The fourth-order valence-electron chi connectivity index (χ4n) is 3.28. The molecule has 1 aliphatic heterocycles. The van der Waals surface area contributed by atoms with Crippen LogP contribution in [0.3, 0.4) is 0 Å². The van der Waals surface area contributed by atoms with Gasteiger partial charge in [-0.1, -0.05) is 12.1 Å². The molecule has 1 fully saturated rings. The predicted molar refractivity (Wildman–Crippen MR) is 129 cm³/mol. The standard InChI is InChI=1S/C21H25BrN2O6S.ClH/c1-3-29-21(19(25)26)30-16-15(22)17(31-18(16)20(27)28-2)12-5-4-6-14(11-12)24-13-7-9-23-10-8-13;/h4-6,11,13,21,23-24H,3,7-10H2,1-2H3,(H,25,26);1H. The van der Waals surface area contributed by atoms with E-state index in [0.29, 0.717) is 10.5 Å². The van der Waals surface area contributed by atoms with E-state index < -0.39 is 18.2 Å². The van der Waals surface area contributed by atoms with E-state index in [1.54, 1.807) is 6.92 Å². The van der Waals surface area contributed by atoms with Crippen molar-refractivity contribution in [2.45, 2.75) is 32.1 Å². The average molecular weight is 550 g/mol. The third-order valence-electron chi connectivity index (χ3n) is 4.76. The number of carbonyl (C=O) groups is 2. The van der Waals surface area contributed by atoms with Crippen molar-refractivity contribution in [2.24, 2.45) is 0 Å². The number of halogens is 2. The summed E-state index contributed by atoms with van der Waals surface area (Å²) in [6.45, 7) is 3.78. The molecular weight excluding hydrogens is 524 g/mol. The Hall–Kier alpha value is -1.85. The molecule has 2 aromatic rings. The fraction of sp³-hybridized carbons (Fsp3) is 0.429. The van der Waals surface area contributed by atoms with E-state index in [4.69, 9.17) is 14.2 Å². The summed E-state index contributed by atoms with van der Waals surface area (Å²) in [5, 5.41) is 16.3. The number of hydrogen-bond acceptors (Lipinski definition) is 8. The summed E-state index contributed by atoms with van der Waals surface area (Å²) in [5.74, 6) is -1.81. The minimum atomic E-state index is -1.54. The first-order valence-electron chi connectivity index (χ1n) is 9.94. The molecule has 32 heavy (non-hydrogen) atoms. The number of ether oxygens (including phenoxy) is 3. The zero-order chi connectivity index (χ0) is 22.4. The van der Waals surface area contributed by atoms with Crippen molar-refractivity contribution < 1.29 is 28.9 Å². The van der Waals surface area contributed by atoms with Crippen LogP contribution >= 0.6 is 39.7 Å². The molecule has 1 aromatic heterocycles. The normalized spacial score (nSPS) is 14.8. The Bertz CT molecular complexity index is 935. The lowest BCUT2D eigenvalue weighted by molar-refractivity contribution is -0.170. The molecule has 176 valence electrons. The lowest BCUT2D eigenvalue weighted by Gasteiger charge is -2.24. The summed E-state index contributed by atoms with van der Waals surface area (Å²) in [4.78, 5) is 24.7. The zero-order valence-electron chi connectivity index (χ0n) is 17.7. The summed E-state index contributed by atoms with van der Waals surface area (Å²) in [5.41, 5.74) is 1.84. The first kappa shape index (κ1) is 26.4. The summed E-state index contributed by atoms with van der Waals surface area (Å²) in [7, 11) is 1.26. The van der Waals surface area contributed by atoms with Gasteiger partial charge in [-0.05, 0) is 66.5 Å². The number of anilines is 1. The maximum absolute atomic E-state index is 12.4. The smallest absolute Gasteiger partial charge is 0.373 e. The number of carbonyl (C=O) groups excluding carboxylic acids is 1. The van der Waals surface area contributed by atoms with Crippen LogP contribution in [0.15, 0.2) is 28.7 Å². The molecule has 0 amide bonds. The molecule has 0 spiro atoms. The largest absolute Gasteiger partial charge is 0.477 e. The van der Waals surface area contributed by atoms with E-state index in [-0.39, 0.29) is 29.6 Å². The van der Waals surface area contributed by atoms with Crippen molar-refractivity contribution in [2.75, 3.05) is 32.1 Å². The van der Waals surface area contributed by atoms with Crippen LogP contribution in [0.1, 0.15) is 29.4 Å². The second kappa shape index (κ2) is 12.4. The summed E-state index contributed by atoms with van der Waals surface area (Å²) < 4.78 is 16.1. The van der Waals surface area contributed by atoms with Crippen molar-refractivity contribution in [3.05, 3.63) is 33.6 Å². The lowest BCUT2D eigenvalue weighted by atomic mass is 10.1. The molecule has 3 rings (SSSR count). The van der Waals surface area contributed by atoms with Gasteiger partial charge >= 0.3 is 11.9 Å². The fourth-order valence-corrected chi connectivity index (χ4v) is 5.22. The lowest BCUT2D eigenvalue weighted by Crippen LogP contribution is -2.35. The van der Waals surface area contributed by atoms with Crippen LogP contribution in [-0.4, -0.2) is 56.2 Å². The number of piperidine rings is 1. The Balaban J connectivity index is 0.00000363. The maximum atomic E-state index is 12.4. The zero-order valence-corrected chi connectivity index (χ0v) is 20.9. The highest BCUT2D eigenvalue weighted by Crippen LogP contribution is 2.46. The van der Waals surface area contributed by atoms with Crippen LogP contribution in [0.4, 0.5) is 5.69 Å². The molecule has 11 heteroatoms. The Labute approximate surface area is 205 Å². The number of nitrogens with one attached hydrogen (secondary N) is 2. The van der Waals surface area contributed by atoms with Gasteiger partial charge in [0.15, 0.2) is 10.6 Å². The number of aliphatic carboxylic acids is 1. The molecule has 8 nitrogen and oxygen atoms in total. The minimum absolute atomic E-state index is 0. The van der Waals surface area contributed by atoms with Gasteiger partial charge in [0.2, 0.25) is 0 Å². The number of benzene rings is 1. The number of esters is 1. The van der Waals surface area contributed by atoms with Crippen LogP contribution in [0.25, 0.3) is 10.4 Å². The van der Waals surface area contributed by atoms with Crippen LogP contribution in [-0.2, 0) is 14.3 Å². The van der Waals surface area contributed by atoms with Gasteiger partial charge < -0.3 is 30.0 Å². The highest BCUT2D eigenvalue weighted by Gasteiger charge is 2.29. The predicted octanol–water partition coefficient (Wildman–Crippen LogP) is 4.38. The second-order valence-corrected chi connectivity index (χ2v) is 8.70. The van der Waals surface area contributed by atoms with Gasteiger partial charge in [-0.2, -0.15) is 0 Å². The first-order chi connectivity index (χ1) is 14.9. The van der Waals surface area contributed by atoms with Gasteiger partial charge in [0, 0.05) is 18.3 Å². The Kier molecular flexibility index (Phi) is 10.2. The Morgan fingerprint density at radius 2 is 2.06 bits per heavy atom. The van der Waals surface area contributed by atoms with Crippen LogP contribution in [0.2, 0.25) is 0 Å². The van der Waals surface area contributed by atoms with Crippen molar-refractivity contribution >= 4 is 57.3 Å². The molecule has 0 bridgehead atoms. The molecule has 0 radical (unpaired) electrons. The molecule has 1 aliphatic rings. The maximum Gasteiger partial charge on any atom is 0.373 e. The van der Waals surface area contributed by atoms with Crippen LogP contribution < -0.4 is 15.4 Å². The number of hydrogen-bond donors (Lipinski definition) is 3. The second-order valence-electron chi connectivity index (χ2n) is 6.89. The number of rotatable bonds is 9. The van der Waals surface area contributed by atoms with Gasteiger partial charge in [0.1, 0.15) is 0 Å². The van der Waals surface area contributed by atoms with E-state index in [9.17, 15) is 14.7 Å². The number of methoxy groups -OCH3 is 1. The average Bonchev–Trinajstić information content (AvgIpc) is 3.10.